The van der Waals surface area contributed by atoms with Gasteiger partial charge in [-0.15, -0.1) is 23.2 Å². The van der Waals surface area contributed by atoms with E-state index in [1.54, 1.807) is 6.07 Å². The highest BCUT2D eigenvalue weighted by molar-refractivity contribution is 6.18. The molecule has 0 atom stereocenters. The van der Waals surface area contributed by atoms with E-state index < -0.39 is 6.61 Å². The van der Waals surface area contributed by atoms with Crippen molar-refractivity contribution >= 4 is 23.2 Å². The molecular weight excluding hydrogens is 257 g/mol. The Hall–Kier alpha value is -0.540. The summed E-state index contributed by atoms with van der Waals surface area (Å²) in [6, 6.07) is 5.02. The molecule has 0 N–H and O–H groups in total. The quantitative estimate of drug-likeness (QED) is 0.703. The summed E-state index contributed by atoms with van der Waals surface area (Å²) in [5, 5.41) is 0. The van der Waals surface area contributed by atoms with Gasteiger partial charge in [-0.25, -0.2) is 0 Å². The lowest BCUT2D eigenvalue weighted by atomic mass is 10.0. The Morgan fingerprint density at radius 2 is 2.00 bits per heavy atom. The average molecular weight is 269 g/mol. The molecule has 0 spiro atoms. The Balaban J connectivity index is 2.91. The molecule has 1 rings (SSSR count). The summed E-state index contributed by atoms with van der Waals surface area (Å²) in [4.78, 5) is 0. The number of hydrogen-bond donors (Lipinski definition) is 0. The molecule has 0 amide bonds. The largest absolute Gasteiger partial charge is 0.434 e. The van der Waals surface area contributed by atoms with E-state index in [2.05, 4.69) is 4.74 Å². The van der Waals surface area contributed by atoms with Crippen LogP contribution in [0.3, 0.4) is 0 Å². The molecule has 1 aromatic rings. The van der Waals surface area contributed by atoms with Gasteiger partial charge < -0.3 is 4.74 Å². The predicted octanol–water partition coefficient (Wildman–Crippen LogP) is 4.20. The third-order valence-corrected chi connectivity index (χ3v) is 2.69. The van der Waals surface area contributed by atoms with Crippen LogP contribution in [0.5, 0.6) is 5.75 Å². The van der Waals surface area contributed by atoms with Crippen LogP contribution in [0.1, 0.15) is 17.5 Å². The monoisotopic (exact) mass is 268 g/mol. The van der Waals surface area contributed by atoms with Crippen LogP contribution >= 0.6 is 23.2 Å². The van der Waals surface area contributed by atoms with Gasteiger partial charge in [-0.1, -0.05) is 12.1 Å². The minimum atomic E-state index is -2.83. The number of hydrogen-bond acceptors (Lipinski definition) is 1. The Kier molecular flexibility index (Phi) is 5.85. The number of halogens is 4. The minimum absolute atomic E-state index is 0.150. The first-order valence-electron chi connectivity index (χ1n) is 4.86. The number of aryl methyl sites for hydroxylation is 1. The van der Waals surface area contributed by atoms with Crippen molar-refractivity contribution in [3.05, 3.63) is 29.3 Å². The summed E-state index contributed by atoms with van der Waals surface area (Å²) < 4.78 is 28.7. The first kappa shape index (κ1) is 13.5. The van der Waals surface area contributed by atoms with E-state index in [1.807, 2.05) is 6.07 Å². The lowest BCUT2D eigenvalue weighted by molar-refractivity contribution is -0.0503. The lowest BCUT2D eigenvalue weighted by Gasteiger charge is -2.12. The van der Waals surface area contributed by atoms with Crippen LogP contribution in [0.15, 0.2) is 18.2 Å². The van der Waals surface area contributed by atoms with Gasteiger partial charge in [0.15, 0.2) is 0 Å². The fraction of sp³-hybridized carbons (Fsp3) is 0.455. The van der Waals surface area contributed by atoms with Gasteiger partial charge in [0.1, 0.15) is 5.75 Å². The summed E-state index contributed by atoms with van der Waals surface area (Å²) in [5.74, 6) is 0.833. The number of ether oxygens (including phenoxy) is 1. The third-order valence-electron chi connectivity index (χ3n) is 2.16. The van der Waals surface area contributed by atoms with Gasteiger partial charge >= 0.3 is 6.61 Å². The first-order chi connectivity index (χ1) is 7.69. The minimum Gasteiger partial charge on any atom is -0.434 e. The van der Waals surface area contributed by atoms with Crippen molar-refractivity contribution in [1.29, 1.82) is 0 Å². The van der Waals surface area contributed by atoms with Crippen LogP contribution < -0.4 is 4.74 Å². The van der Waals surface area contributed by atoms with Crippen molar-refractivity contribution < 1.29 is 13.5 Å². The van der Waals surface area contributed by atoms with Gasteiger partial charge in [0.05, 0.1) is 5.88 Å². The average Bonchev–Trinajstić information content (AvgIpc) is 2.25. The zero-order chi connectivity index (χ0) is 12.0. The smallest absolute Gasteiger partial charge is 0.387 e. The highest BCUT2D eigenvalue weighted by atomic mass is 35.5. The number of benzene rings is 1. The van der Waals surface area contributed by atoms with Crippen LogP contribution in [0.4, 0.5) is 8.78 Å². The predicted molar refractivity (Wildman–Crippen MR) is 61.7 cm³/mol. The second-order valence-corrected chi connectivity index (χ2v) is 3.84. The Morgan fingerprint density at radius 1 is 1.25 bits per heavy atom. The van der Waals surface area contributed by atoms with Gasteiger partial charge in [-0.3, -0.25) is 0 Å². The fourth-order valence-corrected chi connectivity index (χ4v) is 1.90. The van der Waals surface area contributed by atoms with E-state index in [4.69, 9.17) is 23.2 Å². The fourth-order valence-electron chi connectivity index (χ4n) is 1.46. The van der Waals surface area contributed by atoms with Gasteiger partial charge in [0.2, 0.25) is 0 Å². The molecule has 5 heteroatoms. The van der Waals surface area contributed by atoms with E-state index in [-0.39, 0.29) is 11.6 Å². The molecule has 1 aromatic carbocycles. The molecule has 0 fully saturated rings. The van der Waals surface area contributed by atoms with Crippen LogP contribution in [0.25, 0.3) is 0 Å². The van der Waals surface area contributed by atoms with E-state index >= 15 is 0 Å². The van der Waals surface area contributed by atoms with Gasteiger partial charge in [-0.2, -0.15) is 8.78 Å². The van der Waals surface area contributed by atoms with E-state index in [0.29, 0.717) is 17.9 Å². The summed E-state index contributed by atoms with van der Waals surface area (Å²) in [5.41, 5.74) is 1.53. The molecule has 0 aromatic heterocycles. The van der Waals surface area contributed by atoms with Crippen LogP contribution in [0, 0.1) is 0 Å². The van der Waals surface area contributed by atoms with E-state index in [0.717, 1.165) is 12.0 Å². The molecule has 0 aliphatic rings. The molecule has 0 heterocycles. The Bertz CT molecular complexity index is 332. The SMILES string of the molecule is FC(F)Oc1cccc(CCCCl)c1CCl. The maximum Gasteiger partial charge on any atom is 0.387 e. The Labute approximate surface area is 103 Å². The summed E-state index contributed by atoms with van der Waals surface area (Å²) >= 11 is 11.3. The maximum absolute atomic E-state index is 12.1. The van der Waals surface area contributed by atoms with Crippen LogP contribution in [0.2, 0.25) is 0 Å². The van der Waals surface area contributed by atoms with Crippen molar-refractivity contribution in [2.24, 2.45) is 0 Å². The van der Waals surface area contributed by atoms with Crippen LogP contribution in [-0.4, -0.2) is 12.5 Å². The topological polar surface area (TPSA) is 9.23 Å². The standard InChI is InChI=1S/C11H12Cl2F2O/c12-6-2-4-8-3-1-5-10(9(8)7-13)16-11(14)15/h1,3,5,11H,2,4,6-7H2. The van der Waals surface area contributed by atoms with Crippen molar-refractivity contribution in [2.75, 3.05) is 5.88 Å². The number of rotatable bonds is 6. The van der Waals surface area contributed by atoms with Gasteiger partial charge in [-0.05, 0) is 24.5 Å². The summed E-state index contributed by atoms with van der Waals surface area (Å²) in [6.45, 7) is -2.83. The normalized spacial score (nSPS) is 10.8. The molecule has 0 aliphatic carbocycles. The van der Waals surface area contributed by atoms with E-state index in [9.17, 15) is 8.78 Å². The summed E-state index contributed by atoms with van der Waals surface area (Å²) in [6.07, 6.45) is 1.50. The molecule has 0 radical (unpaired) electrons. The second kappa shape index (κ2) is 6.92. The molecule has 0 aliphatic heterocycles. The van der Waals surface area contributed by atoms with Crippen LogP contribution in [-0.2, 0) is 12.3 Å². The molecular formula is C11H12Cl2F2O. The molecule has 0 saturated carbocycles. The highest BCUT2D eigenvalue weighted by Gasteiger charge is 2.12. The zero-order valence-electron chi connectivity index (χ0n) is 8.56. The first-order valence-corrected chi connectivity index (χ1v) is 5.93. The van der Waals surface area contributed by atoms with Gasteiger partial charge in [0, 0.05) is 11.4 Å². The highest BCUT2D eigenvalue weighted by Crippen LogP contribution is 2.26. The zero-order valence-corrected chi connectivity index (χ0v) is 10.1. The van der Waals surface area contributed by atoms with Gasteiger partial charge in [0.25, 0.3) is 0 Å². The van der Waals surface area contributed by atoms with Crippen molar-refractivity contribution in [2.45, 2.75) is 25.3 Å². The second-order valence-electron chi connectivity index (χ2n) is 3.20. The molecule has 16 heavy (non-hydrogen) atoms. The molecule has 90 valence electrons. The van der Waals surface area contributed by atoms with Crippen molar-refractivity contribution in [1.82, 2.24) is 0 Å². The van der Waals surface area contributed by atoms with E-state index in [1.165, 1.54) is 6.07 Å². The van der Waals surface area contributed by atoms with Crippen molar-refractivity contribution in [3.63, 3.8) is 0 Å². The van der Waals surface area contributed by atoms with Crippen molar-refractivity contribution in [3.8, 4) is 5.75 Å². The molecule has 1 nitrogen and oxygen atoms in total. The molecule has 0 saturated heterocycles. The number of alkyl halides is 4. The Morgan fingerprint density at radius 3 is 2.56 bits per heavy atom. The maximum atomic E-state index is 12.1. The molecule has 0 unspecified atom stereocenters. The third kappa shape index (κ3) is 3.80. The summed E-state index contributed by atoms with van der Waals surface area (Å²) in [7, 11) is 0. The lowest BCUT2D eigenvalue weighted by Crippen LogP contribution is -2.05. The molecule has 0 bridgehead atoms.